The fourth-order valence-corrected chi connectivity index (χ4v) is 4.71. The minimum Gasteiger partial charge on any atom is -0.490 e. The molecule has 1 atom stereocenters. The van der Waals surface area contributed by atoms with Crippen LogP contribution in [0, 0.1) is 0 Å². The van der Waals surface area contributed by atoms with Gasteiger partial charge in [0, 0.05) is 19.0 Å². The van der Waals surface area contributed by atoms with Crippen LogP contribution in [0.25, 0.3) is 0 Å². The van der Waals surface area contributed by atoms with Crippen LogP contribution in [0.15, 0.2) is 23.1 Å². The summed E-state index contributed by atoms with van der Waals surface area (Å²) in [5.74, 6) is -0.249. The molecule has 150 valence electrons. The highest BCUT2D eigenvalue weighted by atomic mass is 32.2. The third-order valence-electron chi connectivity index (χ3n) is 4.29. The predicted molar refractivity (Wildman–Crippen MR) is 88.0 cm³/mol. The van der Waals surface area contributed by atoms with Gasteiger partial charge in [0.2, 0.25) is 15.9 Å². The SMILES string of the molecule is O=C(NCC(F)(F)F)[C@H]1CCCN1S(=O)(=O)c1ccc2c(c1)OCCCO2. The Morgan fingerprint density at radius 3 is 2.59 bits per heavy atom. The van der Waals surface area contributed by atoms with Gasteiger partial charge in [-0.25, -0.2) is 8.42 Å². The predicted octanol–water partition coefficient (Wildman–Crippen LogP) is 1.68. The highest BCUT2D eigenvalue weighted by Crippen LogP contribution is 2.34. The Morgan fingerprint density at radius 1 is 1.19 bits per heavy atom. The van der Waals surface area contributed by atoms with Gasteiger partial charge in [-0.15, -0.1) is 0 Å². The van der Waals surface area contributed by atoms with Crippen molar-refractivity contribution in [2.75, 3.05) is 26.3 Å². The fourth-order valence-electron chi connectivity index (χ4n) is 3.03. The molecule has 1 amide bonds. The average Bonchev–Trinajstić information content (AvgIpc) is 2.99. The number of hydrogen-bond acceptors (Lipinski definition) is 5. The maximum Gasteiger partial charge on any atom is 0.405 e. The first-order chi connectivity index (χ1) is 12.7. The van der Waals surface area contributed by atoms with Gasteiger partial charge in [0.25, 0.3) is 0 Å². The molecular weight excluding hydrogens is 389 g/mol. The smallest absolute Gasteiger partial charge is 0.405 e. The zero-order valence-electron chi connectivity index (χ0n) is 14.3. The number of fused-ring (bicyclic) bond motifs is 1. The van der Waals surface area contributed by atoms with Crippen LogP contribution < -0.4 is 14.8 Å². The lowest BCUT2D eigenvalue weighted by atomic mass is 10.2. The van der Waals surface area contributed by atoms with Crippen molar-refractivity contribution in [2.45, 2.75) is 36.4 Å². The molecule has 0 bridgehead atoms. The number of nitrogens with zero attached hydrogens (tertiary/aromatic N) is 1. The van der Waals surface area contributed by atoms with E-state index in [2.05, 4.69) is 0 Å². The molecule has 1 aromatic rings. The number of amides is 1. The first kappa shape index (κ1) is 19.7. The van der Waals surface area contributed by atoms with E-state index in [0.29, 0.717) is 31.8 Å². The van der Waals surface area contributed by atoms with Gasteiger partial charge in [-0.1, -0.05) is 0 Å². The minimum absolute atomic E-state index is 0.0564. The summed E-state index contributed by atoms with van der Waals surface area (Å²) in [5, 5.41) is 1.76. The normalized spacial score (nSPS) is 20.9. The standard InChI is InChI=1S/C16H19F3N2O5S/c17-16(18,19)10-20-15(22)12-3-1-6-21(12)27(23,24)11-4-5-13-14(9-11)26-8-2-7-25-13/h4-5,9,12H,1-3,6-8,10H2,(H,20,22)/t12-/m1/s1. The van der Waals surface area contributed by atoms with Crippen molar-refractivity contribution < 1.29 is 35.9 Å². The van der Waals surface area contributed by atoms with E-state index in [1.165, 1.54) is 18.2 Å². The number of rotatable bonds is 4. The number of halogens is 3. The third-order valence-corrected chi connectivity index (χ3v) is 6.20. The number of alkyl halides is 3. The number of benzene rings is 1. The lowest BCUT2D eigenvalue weighted by molar-refractivity contribution is -0.140. The molecule has 7 nitrogen and oxygen atoms in total. The maximum absolute atomic E-state index is 12.9. The van der Waals surface area contributed by atoms with Crippen LogP contribution in [-0.2, 0) is 14.8 Å². The third kappa shape index (κ3) is 4.46. The monoisotopic (exact) mass is 408 g/mol. The number of carbonyl (C=O) groups excluding carboxylic acids is 1. The van der Waals surface area contributed by atoms with Crippen LogP contribution in [0.5, 0.6) is 11.5 Å². The first-order valence-corrected chi connectivity index (χ1v) is 9.88. The van der Waals surface area contributed by atoms with Crippen molar-refractivity contribution in [1.82, 2.24) is 9.62 Å². The molecule has 0 aromatic heterocycles. The van der Waals surface area contributed by atoms with Crippen LogP contribution in [0.4, 0.5) is 13.2 Å². The Balaban J connectivity index is 1.81. The molecule has 2 heterocycles. The van der Waals surface area contributed by atoms with Gasteiger partial charge in [-0.3, -0.25) is 4.79 Å². The molecule has 27 heavy (non-hydrogen) atoms. The molecule has 0 spiro atoms. The average molecular weight is 408 g/mol. The Kier molecular flexibility index (Phi) is 5.52. The minimum atomic E-state index is -4.56. The van der Waals surface area contributed by atoms with Crippen molar-refractivity contribution in [1.29, 1.82) is 0 Å². The van der Waals surface area contributed by atoms with Crippen LogP contribution in [0.3, 0.4) is 0 Å². The van der Waals surface area contributed by atoms with E-state index in [0.717, 1.165) is 4.31 Å². The van der Waals surface area contributed by atoms with Crippen molar-refractivity contribution >= 4 is 15.9 Å². The molecule has 0 saturated carbocycles. The van der Waals surface area contributed by atoms with E-state index < -0.39 is 34.7 Å². The van der Waals surface area contributed by atoms with Gasteiger partial charge in [0.05, 0.1) is 18.1 Å². The van der Waals surface area contributed by atoms with Gasteiger partial charge in [-0.2, -0.15) is 17.5 Å². The summed E-state index contributed by atoms with van der Waals surface area (Å²) >= 11 is 0. The Bertz CT molecular complexity index is 813. The van der Waals surface area contributed by atoms with Crippen molar-refractivity contribution in [2.24, 2.45) is 0 Å². The van der Waals surface area contributed by atoms with E-state index >= 15 is 0 Å². The Labute approximate surface area is 154 Å². The summed E-state index contributed by atoms with van der Waals surface area (Å²) in [6.07, 6.45) is -3.36. The van der Waals surface area contributed by atoms with Crippen LogP contribution >= 0.6 is 0 Å². The molecule has 0 unspecified atom stereocenters. The molecule has 1 aromatic carbocycles. The molecule has 0 aliphatic carbocycles. The second kappa shape index (κ2) is 7.55. The van der Waals surface area contributed by atoms with Crippen molar-refractivity contribution in [3.8, 4) is 11.5 Å². The zero-order chi connectivity index (χ0) is 19.7. The van der Waals surface area contributed by atoms with Gasteiger partial charge >= 0.3 is 6.18 Å². The zero-order valence-corrected chi connectivity index (χ0v) is 15.1. The van der Waals surface area contributed by atoms with Gasteiger partial charge < -0.3 is 14.8 Å². The van der Waals surface area contributed by atoms with E-state index in [1.807, 2.05) is 0 Å². The molecule has 11 heteroatoms. The van der Waals surface area contributed by atoms with Gasteiger partial charge in [0.1, 0.15) is 12.6 Å². The number of hydrogen-bond donors (Lipinski definition) is 1. The van der Waals surface area contributed by atoms with E-state index in [4.69, 9.17) is 9.47 Å². The second-order valence-electron chi connectivity index (χ2n) is 6.27. The summed E-state index contributed by atoms with van der Waals surface area (Å²) in [4.78, 5) is 12.0. The summed E-state index contributed by atoms with van der Waals surface area (Å²) in [6.45, 7) is -0.615. The highest BCUT2D eigenvalue weighted by molar-refractivity contribution is 7.89. The Hall–Kier alpha value is -2.01. The molecule has 0 radical (unpaired) electrons. The number of carbonyl (C=O) groups is 1. The largest absolute Gasteiger partial charge is 0.490 e. The lowest BCUT2D eigenvalue weighted by Crippen LogP contribution is -2.47. The summed E-state index contributed by atoms with van der Waals surface area (Å²) in [5.41, 5.74) is 0. The highest BCUT2D eigenvalue weighted by Gasteiger charge is 2.40. The molecular formula is C16H19F3N2O5S. The van der Waals surface area contributed by atoms with Gasteiger partial charge in [-0.05, 0) is 25.0 Å². The molecule has 1 saturated heterocycles. The maximum atomic E-state index is 12.9. The second-order valence-corrected chi connectivity index (χ2v) is 8.16. The van der Waals surface area contributed by atoms with Crippen molar-refractivity contribution in [3.05, 3.63) is 18.2 Å². The van der Waals surface area contributed by atoms with Crippen LogP contribution in [0.1, 0.15) is 19.3 Å². The van der Waals surface area contributed by atoms with Gasteiger partial charge in [0.15, 0.2) is 11.5 Å². The Morgan fingerprint density at radius 2 is 1.89 bits per heavy atom. The summed E-state index contributed by atoms with van der Waals surface area (Å²) < 4.78 is 74.7. The summed E-state index contributed by atoms with van der Waals surface area (Å²) in [6, 6.07) is 2.96. The lowest BCUT2D eigenvalue weighted by Gasteiger charge is -2.24. The fraction of sp³-hybridized carbons (Fsp3) is 0.562. The molecule has 1 N–H and O–H groups in total. The van der Waals surface area contributed by atoms with Crippen LogP contribution in [-0.4, -0.2) is 57.2 Å². The topological polar surface area (TPSA) is 84.9 Å². The quantitative estimate of drug-likeness (QED) is 0.820. The molecule has 3 rings (SSSR count). The number of nitrogens with one attached hydrogen (secondary N) is 1. The number of sulfonamides is 1. The molecule has 1 fully saturated rings. The first-order valence-electron chi connectivity index (χ1n) is 8.44. The van der Waals surface area contributed by atoms with Crippen LogP contribution in [0.2, 0.25) is 0 Å². The van der Waals surface area contributed by atoms with E-state index in [-0.39, 0.29) is 23.6 Å². The molecule has 2 aliphatic rings. The number of ether oxygens (including phenoxy) is 2. The van der Waals surface area contributed by atoms with Crippen molar-refractivity contribution in [3.63, 3.8) is 0 Å². The summed E-state index contributed by atoms with van der Waals surface area (Å²) in [7, 11) is -4.08. The molecule has 2 aliphatic heterocycles. The van der Waals surface area contributed by atoms with E-state index in [1.54, 1.807) is 5.32 Å². The van der Waals surface area contributed by atoms with E-state index in [9.17, 15) is 26.4 Å².